The third-order valence-corrected chi connectivity index (χ3v) is 12.3. The summed E-state index contributed by atoms with van der Waals surface area (Å²) in [5.41, 5.74) is 7.29. The maximum Gasteiger partial charge on any atom is 0.416 e. The van der Waals surface area contributed by atoms with Crippen LogP contribution in [0.3, 0.4) is 0 Å². The lowest BCUT2D eigenvalue weighted by atomic mass is 9.80. The van der Waals surface area contributed by atoms with Crippen LogP contribution in [0, 0.1) is 23.6 Å². The van der Waals surface area contributed by atoms with Gasteiger partial charge in [-0.25, -0.2) is 4.39 Å². The van der Waals surface area contributed by atoms with Crippen LogP contribution in [0.4, 0.5) is 40.3 Å². The zero-order valence-electron chi connectivity index (χ0n) is 37.2. The fraction of sp³-hybridized carbons (Fsp3) is 0.480. The molecule has 1 saturated carbocycles. The number of carbonyl (C=O) groups is 2. The summed E-state index contributed by atoms with van der Waals surface area (Å²) in [6.45, 7) is 16.5. The van der Waals surface area contributed by atoms with Gasteiger partial charge in [0.2, 0.25) is 11.8 Å². The molecule has 7 rings (SSSR count). The van der Waals surface area contributed by atoms with E-state index in [1.807, 2.05) is 45.9 Å². The van der Waals surface area contributed by atoms with E-state index in [-0.39, 0.29) is 40.4 Å². The van der Waals surface area contributed by atoms with Crippen molar-refractivity contribution in [1.29, 1.82) is 0 Å². The molecule has 0 aliphatic heterocycles. The number of carbonyl (C=O) groups excluding carboxylic acids is 2. The molecule has 62 heavy (non-hydrogen) atoms. The largest absolute Gasteiger partial charge is 0.416 e. The van der Waals surface area contributed by atoms with E-state index in [0.29, 0.717) is 34.5 Å². The van der Waals surface area contributed by atoms with E-state index in [2.05, 4.69) is 55.0 Å². The predicted molar refractivity (Wildman–Crippen MR) is 248 cm³/mol. The first-order valence-corrected chi connectivity index (χ1v) is 22.6. The van der Waals surface area contributed by atoms with Crippen molar-refractivity contribution in [3.8, 4) is 0 Å². The molecule has 0 heterocycles. The third kappa shape index (κ3) is 13.6. The van der Waals surface area contributed by atoms with Gasteiger partial charge in [-0.3, -0.25) is 9.59 Å². The minimum absolute atomic E-state index is 0.000730. The summed E-state index contributed by atoms with van der Waals surface area (Å²) in [5.74, 6) is -0.208. The SMILES string of the molecule is CC1CCC(Nc2ccc(Cl)c(Cl)c2)c2cc(F)c(NC(=O)CC3(C)CC3)cc21.CCC.Cc1cc2c(cc1NC(=O)CC(C)(C)C)CCCC2Nc1ccc(C(F)(F)F)cc1. The number of benzene rings is 4. The van der Waals surface area contributed by atoms with Crippen molar-refractivity contribution < 1.29 is 27.2 Å². The second-order valence-corrected chi connectivity index (χ2v) is 19.6. The topological polar surface area (TPSA) is 82.3 Å². The lowest BCUT2D eigenvalue weighted by Crippen LogP contribution is -2.21. The van der Waals surface area contributed by atoms with E-state index in [9.17, 15) is 27.2 Å². The Morgan fingerprint density at radius 1 is 0.758 bits per heavy atom. The highest BCUT2D eigenvalue weighted by Crippen LogP contribution is 2.48. The van der Waals surface area contributed by atoms with Crippen molar-refractivity contribution in [2.24, 2.45) is 10.8 Å². The average Bonchev–Trinajstić information content (AvgIpc) is 3.90. The zero-order valence-corrected chi connectivity index (χ0v) is 38.8. The lowest BCUT2D eigenvalue weighted by Gasteiger charge is -2.32. The lowest BCUT2D eigenvalue weighted by molar-refractivity contribution is -0.137. The number of aryl methyl sites for hydroxylation is 2. The van der Waals surface area contributed by atoms with Crippen LogP contribution >= 0.6 is 23.2 Å². The van der Waals surface area contributed by atoms with Crippen LogP contribution in [0.1, 0.15) is 158 Å². The number of hydrogen-bond donors (Lipinski definition) is 4. The molecule has 0 aromatic heterocycles. The summed E-state index contributed by atoms with van der Waals surface area (Å²) in [4.78, 5) is 24.7. The van der Waals surface area contributed by atoms with Gasteiger partial charge in [0.25, 0.3) is 0 Å². The summed E-state index contributed by atoms with van der Waals surface area (Å²) < 4.78 is 53.2. The zero-order chi connectivity index (χ0) is 45.6. The average molecular weight is 898 g/mol. The van der Waals surface area contributed by atoms with E-state index >= 15 is 0 Å². The van der Waals surface area contributed by atoms with E-state index in [1.54, 1.807) is 18.2 Å². The van der Waals surface area contributed by atoms with Gasteiger partial charge in [0.05, 0.1) is 33.4 Å². The normalized spacial score (nSPS) is 18.6. The number of alkyl halides is 3. The fourth-order valence-electron chi connectivity index (χ4n) is 7.95. The Labute approximate surface area is 375 Å². The Morgan fingerprint density at radius 2 is 1.37 bits per heavy atom. The third-order valence-electron chi connectivity index (χ3n) is 11.5. The van der Waals surface area contributed by atoms with Crippen molar-refractivity contribution >= 4 is 57.8 Å². The molecule has 1 fully saturated rings. The highest BCUT2D eigenvalue weighted by molar-refractivity contribution is 6.42. The number of rotatable bonds is 9. The van der Waals surface area contributed by atoms with Gasteiger partial charge >= 0.3 is 6.18 Å². The molecule has 12 heteroatoms. The molecule has 0 spiro atoms. The first-order chi connectivity index (χ1) is 29.1. The Morgan fingerprint density at radius 3 is 1.98 bits per heavy atom. The van der Waals surface area contributed by atoms with Gasteiger partial charge < -0.3 is 21.3 Å². The van der Waals surface area contributed by atoms with Crippen LogP contribution in [0.25, 0.3) is 0 Å². The van der Waals surface area contributed by atoms with Crippen LogP contribution in [-0.2, 0) is 22.2 Å². The summed E-state index contributed by atoms with van der Waals surface area (Å²) >= 11 is 12.1. The standard InChI is InChI=1S/C24H29F3N2O.C23H25Cl2FN2O.C3H8/c1-15-12-19-16(13-21(15)29-22(30)14-23(2,3)4)6-5-7-20(19)28-18-10-8-17(9-11-18)24(25,26)27;1-13-3-6-20(27-14-4-5-17(24)18(25)9-14)16-10-19(26)21(11-15(13)16)28-22(29)12-23(2)7-8-23;1-3-2/h8-13,20,28H,5-7,14H2,1-4H3,(H,29,30);4-5,9-11,13,20,27H,3,6-8,12H2,1-2H3,(H,28,29);3H2,1-2H3. The fourth-order valence-corrected chi connectivity index (χ4v) is 8.25. The van der Waals surface area contributed by atoms with Crippen molar-refractivity contribution in [3.63, 3.8) is 0 Å². The molecule has 0 radical (unpaired) electrons. The van der Waals surface area contributed by atoms with Crippen molar-refractivity contribution in [3.05, 3.63) is 116 Å². The van der Waals surface area contributed by atoms with Gasteiger partial charge in [-0.15, -0.1) is 0 Å². The first-order valence-electron chi connectivity index (χ1n) is 21.8. The number of anilines is 4. The molecule has 3 atom stereocenters. The molecule has 4 aromatic carbocycles. The van der Waals surface area contributed by atoms with Gasteiger partial charge in [-0.05, 0) is 157 Å². The summed E-state index contributed by atoms with van der Waals surface area (Å²) in [6, 6.07) is 18.1. The van der Waals surface area contributed by atoms with Crippen LogP contribution < -0.4 is 21.3 Å². The molecule has 0 saturated heterocycles. The Hall–Kier alpha value is -4.28. The molecule has 6 nitrogen and oxygen atoms in total. The van der Waals surface area contributed by atoms with Crippen LogP contribution in [0.15, 0.2) is 66.7 Å². The van der Waals surface area contributed by atoms with Gasteiger partial charge in [-0.2, -0.15) is 13.2 Å². The monoisotopic (exact) mass is 896 g/mol. The van der Waals surface area contributed by atoms with Gasteiger partial charge in [0, 0.05) is 29.9 Å². The summed E-state index contributed by atoms with van der Waals surface area (Å²) in [7, 11) is 0. The van der Waals surface area contributed by atoms with Gasteiger partial charge in [-0.1, -0.05) is 84.2 Å². The number of fused-ring (bicyclic) bond motifs is 2. The van der Waals surface area contributed by atoms with Crippen LogP contribution in [-0.4, -0.2) is 11.8 Å². The second-order valence-electron chi connectivity index (χ2n) is 18.8. The van der Waals surface area contributed by atoms with Gasteiger partial charge in [0.1, 0.15) is 5.82 Å². The Balaban J connectivity index is 0.000000220. The molecule has 3 aliphatic rings. The van der Waals surface area contributed by atoms with E-state index in [1.165, 1.54) is 24.1 Å². The molecule has 0 bridgehead atoms. The molecule has 3 aliphatic carbocycles. The summed E-state index contributed by atoms with van der Waals surface area (Å²) in [6.07, 6.45) is 4.60. The summed E-state index contributed by atoms with van der Waals surface area (Å²) in [5, 5.41) is 13.6. The Kier molecular flexibility index (Phi) is 16.1. The highest BCUT2D eigenvalue weighted by Gasteiger charge is 2.39. The number of amides is 2. The molecule has 4 N–H and O–H groups in total. The van der Waals surface area contributed by atoms with Crippen LogP contribution in [0.2, 0.25) is 10.0 Å². The minimum Gasteiger partial charge on any atom is -0.378 e. The number of nitrogens with one attached hydrogen (secondary N) is 4. The van der Waals surface area contributed by atoms with E-state index < -0.39 is 17.6 Å². The maximum absolute atomic E-state index is 14.9. The second kappa shape index (κ2) is 20.5. The predicted octanol–water partition coefficient (Wildman–Crippen LogP) is 15.6. The Bertz CT molecular complexity index is 2200. The quantitative estimate of drug-likeness (QED) is 0.126. The van der Waals surface area contributed by atoms with E-state index in [4.69, 9.17) is 23.2 Å². The number of halogens is 6. The smallest absolute Gasteiger partial charge is 0.378 e. The molecule has 2 amide bonds. The van der Waals surface area contributed by atoms with Crippen molar-refractivity contribution in [1.82, 2.24) is 0 Å². The molecule has 4 aromatic rings. The maximum atomic E-state index is 14.9. The van der Waals surface area contributed by atoms with Crippen molar-refractivity contribution in [2.75, 3.05) is 21.3 Å². The molecular weight excluding hydrogens is 835 g/mol. The van der Waals surface area contributed by atoms with Gasteiger partial charge in [0.15, 0.2) is 0 Å². The van der Waals surface area contributed by atoms with Crippen LogP contribution in [0.5, 0.6) is 0 Å². The highest BCUT2D eigenvalue weighted by atomic mass is 35.5. The molecule has 3 unspecified atom stereocenters. The van der Waals surface area contributed by atoms with E-state index in [0.717, 1.165) is 90.7 Å². The first kappa shape index (κ1) is 48.7. The molecule has 336 valence electrons. The molecular formula is C50H62Cl2F4N4O2. The minimum atomic E-state index is -4.33. The van der Waals surface area contributed by atoms with Crippen molar-refractivity contribution in [2.45, 2.75) is 144 Å². The number of hydrogen-bond acceptors (Lipinski definition) is 4.